The normalized spacial score (nSPS) is 15.6. The fourth-order valence-corrected chi connectivity index (χ4v) is 3.70. The third-order valence-corrected chi connectivity index (χ3v) is 5.12. The molecular weight excluding hydrogens is 370 g/mol. The molecule has 29 heavy (non-hydrogen) atoms. The Hall–Kier alpha value is -3.29. The molecule has 3 aromatic rings. The highest BCUT2D eigenvalue weighted by molar-refractivity contribution is 5.97. The Bertz CT molecular complexity index is 967. The monoisotopic (exact) mass is 393 g/mol. The van der Waals surface area contributed by atoms with Gasteiger partial charge in [0.05, 0.1) is 18.4 Å². The van der Waals surface area contributed by atoms with Crippen molar-refractivity contribution in [3.05, 3.63) is 54.3 Å². The lowest BCUT2D eigenvalue weighted by Gasteiger charge is -2.34. The molecule has 0 aliphatic heterocycles. The first-order valence-corrected chi connectivity index (χ1v) is 9.87. The summed E-state index contributed by atoms with van der Waals surface area (Å²) in [6.07, 6.45) is 9.26. The molecule has 4 rings (SSSR count). The van der Waals surface area contributed by atoms with E-state index in [0.29, 0.717) is 35.3 Å². The first-order valence-electron chi connectivity index (χ1n) is 9.87. The van der Waals surface area contributed by atoms with Crippen molar-refractivity contribution < 1.29 is 14.1 Å². The van der Waals surface area contributed by atoms with Crippen LogP contribution in [0.15, 0.2) is 47.4 Å². The van der Waals surface area contributed by atoms with Crippen molar-refractivity contribution >= 4 is 5.91 Å². The summed E-state index contributed by atoms with van der Waals surface area (Å²) < 4.78 is 11.2. The number of nitrogens with zero attached hydrogens (tertiary/aromatic N) is 4. The Labute approximate surface area is 168 Å². The van der Waals surface area contributed by atoms with E-state index in [1.54, 1.807) is 30.7 Å². The van der Waals surface area contributed by atoms with Crippen LogP contribution in [0.3, 0.4) is 0 Å². The molecule has 0 atom stereocenters. The predicted octanol–water partition coefficient (Wildman–Crippen LogP) is 3.51. The zero-order valence-electron chi connectivity index (χ0n) is 16.3. The van der Waals surface area contributed by atoms with Crippen LogP contribution in [0.25, 0.3) is 11.5 Å². The first kappa shape index (κ1) is 19.0. The lowest BCUT2D eigenvalue weighted by Crippen LogP contribution is -2.47. The Morgan fingerprint density at radius 2 is 2.03 bits per heavy atom. The molecule has 2 heterocycles. The van der Waals surface area contributed by atoms with Crippen LogP contribution < -0.4 is 10.1 Å². The average molecular weight is 393 g/mol. The summed E-state index contributed by atoms with van der Waals surface area (Å²) >= 11 is 0. The Morgan fingerprint density at radius 1 is 1.21 bits per heavy atom. The van der Waals surface area contributed by atoms with Gasteiger partial charge in [-0.1, -0.05) is 36.6 Å². The van der Waals surface area contributed by atoms with Gasteiger partial charge < -0.3 is 14.6 Å². The van der Waals surface area contributed by atoms with Crippen LogP contribution in [0, 0.1) is 0 Å². The maximum Gasteiger partial charge on any atom is 0.255 e. The maximum atomic E-state index is 13.2. The van der Waals surface area contributed by atoms with Crippen LogP contribution >= 0.6 is 0 Å². The molecule has 1 aliphatic rings. The van der Waals surface area contributed by atoms with Gasteiger partial charge in [-0.3, -0.25) is 9.78 Å². The third-order valence-electron chi connectivity index (χ3n) is 5.12. The molecule has 8 heteroatoms. The highest BCUT2D eigenvalue weighted by atomic mass is 16.5. The molecule has 1 fully saturated rings. The number of carbonyl (C=O) groups is 1. The molecule has 1 aromatic carbocycles. The van der Waals surface area contributed by atoms with E-state index in [4.69, 9.17) is 9.26 Å². The van der Waals surface area contributed by atoms with Crippen molar-refractivity contribution in [2.45, 2.75) is 44.6 Å². The zero-order chi connectivity index (χ0) is 20.1. The van der Waals surface area contributed by atoms with E-state index < -0.39 is 5.54 Å². The van der Waals surface area contributed by atoms with Crippen LogP contribution in [-0.4, -0.2) is 32.6 Å². The van der Waals surface area contributed by atoms with Gasteiger partial charge in [-0.2, -0.15) is 4.98 Å². The predicted molar refractivity (Wildman–Crippen MR) is 105 cm³/mol. The van der Waals surface area contributed by atoms with E-state index in [2.05, 4.69) is 25.4 Å². The summed E-state index contributed by atoms with van der Waals surface area (Å²) in [4.78, 5) is 26.0. The molecule has 2 aromatic heterocycles. The molecule has 1 aliphatic carbocycles. The second-order valence-electron chi connectivity index (χ2n) is 7.04. The Kier molecular flexibility index (Phi) is 5.50. The number of amides is 1. The van der Waals surface area contributed by atoms with E-state index >= 15 is 0 Å². The SMILES string of the molecule is CCOc1ccccc1C(=O)NC1(c2nc(-c3cnccn3)no2)CCCCC1. The fourth-order valence-electron chi connectivity index (χ4n) is 3.70. The van der Waals surface area contributed by atoms with Gasteiger partial charge in [0.15, 0.2) is 0 Å². The van der Waals surface area contributed by atoms with E-state index in [1.165, 1.54) is 0 Å². The van der Waals surface area contributed by atoms with E-state index in [9.17, 15) is 4.79 Å². The van der Waals surface area contributed by atoms with Crippen molar-refractivity contribution in [2.75, 3.05) is 6.61 Å². The second-order valence-corrected chi connectivity index (χ2v) is 7.04. The van der Waals surface area contributed by atoms with Gasteiger partial charge in [0.2, 0.25) is 5.82 Å². The lowest BCUT2D eigenvalue weighted by molar-refractivity contribution is 0.0821. The van der Waals surface area contributed by atoms with Gasteiger partial charge in [0.1, 0.15) is 17.0 Å². The van der Waals surface area contributed by atoms with E-state index in [0.717, 1.165) is 32.1 Å². The van der Waals surface area contributed by atoms with Crippen LogP contribution in [-0.2, 0) is 5.54 Å². The quantitative estimate of drug-likeness (QED) is 0.683. The third kappa shape index (κ3) is 3.96. The number of carbonyl (C=O) groups excluding carboxylic acids is 1. The number of benzene rings is 1. The molecular formula is C21H23N5O3. The number of para-hydroxylation sites is 1. The van der Waals surface area contributed by atoms with Crippen molar-refractivity contribution in [2.24, 2.45) is 0 Å². The summed E-state index contributed by atoms with van der Waals surface area (Å²) in [6, 6.07) is 7.23. The molecule has 0 saturated heterocycles. The second kappa shape index (κ2) is 8.38. The summed E-state index contributed by atoms with van der Waals surface area (Å²) in [5.41, 5.74) is 0.316. The summed E-state index contributed by atoms with van der Waals surface area (Å²) in [5.74, 6) is 1.11. The summed E-state index contributed by atoms with van der Waals surface area (Å²) in [7, 11) is 0. The topological polar surface area (TPSA) is 103 Å². The standard InChI is InChI=1S/C21H23N5O3/c1-2-28-17-9-5-4-8-15(17)19(27)25-21(10-6-3-7-11-21)20-24-18(26-29-20)16-14-22-12-13-23-16/h4-5,8-9,12-14H,2-3,6-7,10-11H2,1H3,(H,25,27). The zero-order valence-corrected chi connectivity index (χ0v) is 16.3. The van der Waals surface area contributed by atoms with Gasteiger partial charge >= 0.3 is 0 Å². The molecule has 8 nitrogen and oxygen atoms in total. The van der Waals surface area contributed by atoms with Crippen molar-refractivity contribution in [3.63, 3.8) is 0 Å². The van der Waals surface area contributed by atoms with Gasteiger partial charge in [-0.25, -0.2) is 4.98 Å². The molecule has 150 valence electrons. The minimum Gasteiger partial charge on any atom is -0.493 e. The molecule has 1 N–H and O–H groups in total. The van der Waals surface area contributed by atoms with Crippen LogP contribution in [0.2, 0.25) is 0 Å². The van der Waals surface area contributed by atoms with Gasteiger partial charge in [0.25, 0.3) is 11.8 Å². The summed E-state index contributed by atoms with van der Waals surface area (Å²) in [6.45, 7) is 2.38. The number of ether oxygens (including phenoxy) is 1. The number of nitrogens with one attached hydrogen (secondary N) is 1. The fraction of sp³-hybridized carbons (Fsp3) is 0.381. The molecule has 0 unspecified atom stereocenters. The van der Waals surface area contributed by atoms with E-state index in [1.807, 2.05) is 19.1 Å². The van der Waals surface area contributed by atoms with Crippen LogP contribution in [0.4, 0.5) is 0 Å². The van der Waals surface area contributed by atoms with Crippen molar-refractivity contribution in [1.29, 1.82) is 0 Å². The number of hydrogen-bond acceptors (Lipinski definition) is 7. The highest BCUT2D eigenvalue weighted by Crippen LogP contribution is 2.37. The molecule has 0 bridgehead atoms. The molecule has 1 saturated carbocycles. The summed E-state index contributed by atoms with van der Waals surface area (Å²) in [5, 5.41) is 7.25. The average Bonchev–Trinajstić information content (AvgIpc) is 3.27. The largest absolute Gasteiger partial charge is 0.493 e. The minimum absolute atomic E-state index is 0.213. The first-order chi connectivity index (χ1) is 14.2. The molecule has 0 radical (unpaired) electrons. The Morgan fingerprint density at radius 3 is 2.79 bits per heavy atom. The number of aromatic nitrogens is 4. The highest BCUT2D eigenvalue weighted by Gasteiger charge is 2.41. The minimum atomic E-state index is -0.706. The van der Waals surface area contributed by atoms with E-state index in [-0.39, 0.29) is 5.91 Å². The smallest absolute Gasteiger partial charge is 0.255 e. The van der Waals surface area contributed by atoms with Crippen LogP contribution in [0.1, 0.15) is 55.3 Å². The number of hydrogen-bond donors (Lipinski definition) is 1. The van der Waals surface area contributed by atoms with Crippen molar-refractivity contribution in [1.82, 2.24) is 25.4 Å². The van der Waals surface area contributed by atoms with Gasteiger partial charge in [0, 0.05) is 12.4 Å². The lowest BCUT2D eigenvalue weighted by atomic mass is 9.81. The number of rotatable bonds is 6. The Balaban J connectivity index is 1.65. The van der Waals surface area contributed by atoms with Gasteiger partial charge in [-0.15, -0.1) is 0 Å². The van der Waals surface area contributed by atoms with Crippen LogP contribution in [0.5, 0.6) is 5.75 Å². The maximum absolute atomic E-state index is 13.2. The molecule has 1 amide bonds. The van der Waals surface area contributed by atoms with Gasteiger partial charge in [-0.05, 0) is 31.9 Å². The molecule has 0 spiro atoms. The van der Waals surface area contributed by atoms with Crippen molar-refractivity contribution in [3.8, 4) is 17.3 Å².